The smallest absolute Gasteiger partial charge is 0.172 e. The van der Waals surface area contributed by atoms with Crippen LogP contribution in [0.25, 0.3) is 5.31 Å². The normalized spacial score (nSPS) is 13.7. The van der Waals surface area contributed by atoms with E-state index >= 15 is 0 Å². The second-order valence-electron chi connectivity index (χ2n) is 6.65. The van der Waals surface area contributed by atoms with Crippen LogP contribution in [0.5, 0.6) is 0 Å². The van der Waals surface area contributed by atoms with E-state index in [4.69, 9.17) is 0 Å². The Labute approximate surface area is 180 Å². The number of hydrogen-bond acceptors (Lipinski definition) is 2. The Balaban J connectivity index is 2.36. The van der Waals surface area contributed by atoms with Crippen molar-refractivity contribution in [2.24, 2.45) is 0 Å². The Hall–Kier alpha value is -1.68. The molecule has 0 heterocycles. The van der Waals surface area contributed by atoms with E-state index in [-0.39, 0.29) is 0 Å². The van der Waals surface area contributed by atoms with Crippen LogP contribution in [0.3, 0.4) is 0 Å². The molecule has 0 saturated carbocycles. The summed E-state index contributed by atoms with van der Waals surface area (Å²) in [5.41, 5.74) is 0.887. The lowest BCUT2D eigenvalue weighted by atomic mass is 10.1. The lowest BCUT2D eigenvalue weighted by Crippen LogP contribution is -2.19. The Kier molecular flexibility index (Phi) is 7.28. The minimum atomic E-state index is -3.18. The molecule has 0 spiro atoms. The van der Waals surface area contributed by atoms with E-state index < -0.39 is 13.2 Å². The number of aliphatic hydroxyl groups excluding tert-OH is 1. The third-order valence-electron chi connectivity index (χ3n) is 4.68. The van der Waals surface area contributed by atoms with Gasteiger partial charge in [0.15, 0.2) is 7.14 Å². The van der Waals surface area contributed by atoms with E-state index in [0.717, 1.165) is 31.5 Å². The van der Waals surface area contributed by atoms with Crippen LogP contribution in [0.1, 0.15) is 25.3 Å². The van der Waals surface area contributed by atoms with Gasteiger partial charge in [-0.3, -0.25) is 0 Å². The molecule has 0 amide bonds. The summed E-state index contributed by atoms with van der Waals surface area (Å²) in [6.07, 6.45) is 0.857. The summed E-state index contributed by atoms with van der Waals surface area (Å²) in [6, 6.07) is 29.0. The van der Waals surface area contributed by atoms with Gasteiger partial charge in [-0.15, -0.1) is 0 Å². The predicted molar refractivity (Wildman–Crippen MR) is 128 cm³/mol. The third kappa shape index (κ3) is 4.32. The highest BCUT2D eigenvalue weighted by Crippen LogP contribution is 2.59. The van der Waals surface area contributed by atoms with E-state index in [1.165, 1.54) is 0 Å². The third-order valence-corrected chi connectivity index (χ3v) is 9.55. The number of rotatable bonds is 7. The zero-order valence-corrected chi connectivity index (χ0v) is 18.9. The summed E-state index contributed by atoms with van der Waals surface area (Å²) in [7, 11) is -3.18. The summed E-state index contributed by atoms with van der Waals surface area (Å²) in [5, 5.41) is 13.1. The molecule has 3 rings (SSSR count). The minimum absolute atomic E-state index is 0.637. The highest BCUT2D eigenvalue weighted by molar-refractivity contribution is 14.1. The van der Waals surface area contributed by atoms with Gasteiger partial charge in [0.05, 0.1) is 6.10 Å². The van der Waals surface area contributed by atoms with Gasteiger partial charge in [-0.1, -0.05) is 104 Å². The van der Waals surface area contributed by atoms with E-state index in [9.17, 15) is 9.67 Å². The number of aliphatic hydroxyl groups is 1. The molecule has 28 heavy (non-hydrogen) atoms. The van der Waals surface area contributed by atoms with E-state index in [2.05, 4.69) is 22.6 Å². The molecule has 2 nitrogen and oxygen atoms in total. The molecule has 0 aliphatic heterocycles. The zero-order valence-electron chi connectivity index (χ0n) is 15.8. The molecule has 0 bridgehead atoms. The van der Waals surface area contributed by atoms with Crippen molar-refractivity contribution in [2.45, 2.75) is 25.9 Å². The van der Waals surface area contributed by atoms with Crippen molar-refractivity contribution in [1.82, 2.24) is 0 Å². The van der Waals surface area contributed by atoms with Gasteiger partial charge in [0.25, 0.3) is 0 Å². The molecule has 3 aromatic carbocycles. The Morgan fingerprint density at radius 1 is 0.857 bits per heavy atom. The van der Waals surface area contributed by atoms with Crippen LogP contribution in [-0.2, 0) is 4.57 Å². The molecule has 0 aliphatic rings. The van der Waals surface area contributed by atoms with E-state index in [0.29, 0.717) is 6.42 Å². The van der Waals surface area contributed by atoms with Gasteiger partial charge in [-0.2, -0.15) is 0 Å². The minimum Gasteiger partial charge on any atom is -0.388 e. The summed E-state index contributed by atoms with van der Waals surface area (Å²) in [5.74, 6) is 0. The molecular weight excluding hydrogens is 478 g/mol. The summed E-state index contributed by atoms with van der Waals surface area (Å²) < 4.78 is 15.6. The average Bonchev–Trinajstić information content (AvgIpc) is 2.76. The molecule has 1 unspecified atom stereocenters. The highest BCUT2D eigenvalue weighted by Gasteiger charge is 2.35. The highest BCUT2D eigenvalue weighted by atomic mass is 127. The van der Waals surface area contributed by atoms with Crippen molar-refractivity contribution < 1.29 is 9.67 Å². The molecule has 0 aromatic heterocycles. The number of hydrogen-bond donors (Lipinski definition) is 1. The Morgan fingerprint density at radius 3 is 1.71 bits per heavy atom. The first-order valence-corrected chi connectivity index (χ1v) is 12.2. The molecular formula is C24H24IO2P. The van der Waals surface area contributed by atoms with Gasteiger partial charge >= 0.3 is 0 Å². The Bertz CT molecular complexity index is 926. The van der Waals surface area contributed by atoms with Crippen molar-refractivity contribution in [3.8, 4) is 0 Å². The molecule has 0 fully saturated rings. The molecule has 1 atom stereocenters. The SMILES string of the molecule is CCCC(O)/C(I)=C(/c1ccccc1)P(=O)(c1ccccc1)c1ccccc1. The molecule has 1 N–H and O–H groups in total. The number of benzene rings is 3. The fraction of sp³-hybridized carbons (Fsp3) is 0.167. The number of halogens is 1. The zero-order chi connectivity index (χ0) is 20.0. The summed E-state index contributed by atoms with van der Waals surface area (Å²) >= 11 is 2.19. The first kappa shape index (κ1) is 21.0. The lowest BCUT2D eigenvalue weighted by molar-refractivity contribution is 0.210. The summed E-state index contributed by atoms with van der Waals surface area (Å²) in [6.45, 7) is 2.04. The van der Waals surface area contributed by atoms with Gasteiger partial charge in [-0.05, 0) is 34.6 Å². The van der Waals surface area contributed by atoms with Crippen LogP contribution < -0.4 is 10.6 Å². The van der Waals surface area contributed by atoms with Crippen LogP contribution in [0.2, 0.25) is 0 Å². The monoisotopic (exact) mass is 502 g/mol. The van der Waals surface area contributed by atoms with Gasteiger partial charge in [0.2, 0.25) is 0 Å². The maximum absolute atomic E-state index is 14.9. The molecule has 3 aromatic rings. The van der Waals surface area contributed by atoms with E-state index in [1.54, 1.807) is 0 Å². The molecule has 0 aliphatic carbocycles. The molecule has 144 valence electrons. The quantitative estimate of drug-likeness (QED) is 0.320. The van der Waals surface area contributed by atoms with Crippen molar-refractivity contribution in [1.29, 1.82) is 0 Å². The van der Waals surface area contributed by atoms with Crippen LogP contribution in [-0.4, -0.2) is 11.2 Å². The Morgan fingerprint density at radius 2 is 1.29 bits per heavy atom. The van der Waals surface area contributed by atoms with Crippen molar-refractivity contribution in [3.05, 3.63) is 100 Å². The predicted octanol–water partition coefficient (Wildman–Crippen LogP) is 5.97. The molecule has 4 heteroatoms. The van der Waals surface area contributed by atoms with E-state index in [1.807, 2.05) is 97.9 Å². The topological polar surface area (TPSA) is 37.3 Å². The maximum atomic E-state index is 14.9. The summed E-state index contributed by atoms with van der Waals surface area (Å²) in [4.78, 5) is 0. The second kappa shape index (κ2) is 9.69. The fourth-order valence-electron chi connectivity index (χ4n) is 3.31. The molecule has 0 radical (unpaired) electrons. The maximum Gasteiger partial charge on any atom is 0.172 e. The lowest BCUT2D eigenvalue weighted by Gasteiger charge is -2.26. The average molecular weight is 502 g/mol. The van der Waals surface area contributed by atoms with Gasteiger partial charge in [-0.25, -0.2) is 0 Å². The van der Waals surface area contributed by atoms with Crippen molar-refractivity contribution in [2.75, 3.05) is 0 Å². The van der Waals surface area contributed by atoms with Crippen LogP contribution >= 0.6 is 29.7 Å². The van der Waals surface area contributed by atoms with Crippen LogP contribution in [0, 0.1) is 0 Å². The first-order chi connectivity index (χ1) is 13.6. The molecule has 0 saturated heterocycles. The van der Waals surface area contributed by atoms with Gasteiger partial charge < -0.3 is 9.67 Å². The van der Waals surface area contributed by atoms with Gasteiger partial charge in [0, 0.05) is 19.5 Å². The van der Waals surface area contributed by atoms with Crippen molar-refractivity contribution >= 4 is 45.7 Å². The van der Waals surface area contributed by atoms with Crippen LogP contribution in [0.15, 0.2) is 94.6 Å². The van der Waals surface area contributed by atoms with Crippen LogP contribution in [0.4, 0.5) is 0 Å². The fourth-order valence-corrected chi connectivity index (χ4v) is 7.91. The van der Waals surface area contributed by atoms with Crippen molar-refractivity contribution in [3.63, 3.8) is 0 Å². The standard InChI is InChI=1S/C24H24IO2P/c1-2-12-22(26)23(25)24(19-13-6-3-7-14-19)28(27,20-15-8-4-9-16-20)21-17-10-5-11-18-21/h3-11,13-18,22,26H,2,12H2,1H3/b24-23+. The first-order valence-electron chi connectivity index (χ1n) is 9.44. The second-order valence-corrected chi connectivity index (χ2v) is 10.5. The van der Waals surface area contributed by atoms with Gasteiger partial charge in [0.1, 0.15) is 0 Å². The largest absolute Gasteiger partial charge is 0.388 e.